The van der Waals surface area contributed by atoms with Crippen molar-refractivity contribution in [3.8, 4) is 16.9 Å². The highest BCUT2D eigenvalue weighted by atomic mass is 79.9. The molecule has 1 N–H and O–H groups in total. The molecule has 94 valence electrons. The van der Waals surface area contributed by atoms with E-state index in [1.165, 1.54) is 0 Å². The number of aromatic nitrogens is 2. The number of hydrogen-bond acceptors (Lipinski definition) is 1. The molecule has 4 heteroatoms. The van der Waals surface area contributed by atoms with Gasteiger partial charge in [-0.25, -0.2) is 0 Å². The molecule has 0 amide bonds. The molecule has 3 rings (SSSR count). The number of benzene rings is 2. The molecule has 2 nitrogen and oxygen atoms in total. The van der Waals surface area contributed by atoms with Crippen molar-refractivity contribution in [2.45, 2.75) is 0 Å². The average molecular weight is 331 g/mol. The number of halogens is 1. The Labute approximate surface area is 124 Å². The quantitative estimate of drug-likeness (QED) is 0.658. The molecular weight excluding hydrogens is 320 g/mol. The predicted octanol–water partition coefficient (Wildman–Crippen LogP) is 4.96. The highest BCUT2D eigenvalue weighted by Gasteiger charge is 2.04. The summed E-state index contributed by atoms with van der Waals surface area (Å²) in [7, 11) is 0. The summed E-state index contributed by atoms with van der Waals surface area (Å²) in [4.78, 5) is 3.24. The van der Waals surface area contributed by atoms with Crippen LogP contribution in [0.2, 0.25) is 0 Å². The zero-order chi connectivity index (χ0) is 13.2. The molecule has 0 spiro atoms. The fourth-order valence-corrected chi connectivity index (χ4v) is 2.49. The Kier molecular flexibility index (Phi) is 3.36. The van der Waals surface area contributed by atoms with Gasteiger partial charge in [0, 0.05) is 16.4 Å². The minimum atomic E-state index is 0.696. The summed E-state index contributed by atoms with van der Waals surface area (Å²) in [6.45, 7) is 0. The minimum Gasteiger partial charge on any atom is -0.330 e. The van der Waals surface area contributed by atoms with E-state index in [2.05, 4.69) is 33.0 Å². The molecule has 1 heterocycles. The van der Waals surface area contributed by atoms with Gasteiger partial charge >= 0.3 is 0 Å². The Balaban J connectivity index is 2.08. The largest absolute Gasteiger partial charge is 0.330 e. The molecule has 1 aromatic heterocycles. The summed E-state index contributed by atoms with van der Waals surface area (Å²) in [5.74, 6) is 0. The number of imidazole rings is 1. The van der Waals surface area contributed by atoms with Crippen molar-refractivity contribution in [2.24, 2.45) is 0 Å². The topological polar surface area (TPSA) is 20.7 Å². The zero-order valence-electron chi connectivity index (χ0n) is 10.0. The molecule has 3 aromatic rings. The van der Waals surface area contributed by atoms with Crippen molar-refractivity contribution in [1.29, 1.82) is 0 Å². The monoisotopic (exact) mass is 330 g/mol. The first kappa shape index (κ1) is 12.4. The molecule has 19 heavy (non-hydrogen) atoms. The van der Waals surface area contributed by atoms with Crippen LogP contribution in [0.3, 0.4) is 0 Å². The van der Waals surface area contributed by atoms with Crippen LogP contribution < -0.4 is 0 Å². The number of rotatable bonds is 2. The Morgan fingerprint density at radius 2 is 1.63 bits per heavy atom. The predicted molar refractivity (Wildman–Crippen MR) is 84.1 cm³/mol. The number of H-pyrrole nitrogens is 1. The Morgan fingerprint density at radius 1 is 0.947 bits per heavy atom. The van der Waals surface area contributed by atoms with Gasteiger partial charge in [0.2, 0.25) is 0 Å². The lowest BCUT2D eigenvalue weighted by Crippen LogP contribution is -1.90. The fraction of sp³-hybridized carbons (Fsp3) is 0. The lowest BCUT2D eigenvalue weighted by molar-refractivity contribution is 1.03. The summed E-state index contributed by atoms with van der Waals surface area (Å²) in [5.41, 5.74) is 3.20. The maximum absolute atomic E-state index is 5.38. The van der Waals surface area contributed by atoms with E-state index in [4.69, 9.17) is 12.2 Å². The Hall–Kier alpha value is -1.65. The van der Waals surface area contributed by atoms with Crippen LogP contribution in [-0.4, -0.2) is 9.55 Å². The maximum Gasteiger partial charge on any atom is 0.182 e. The van der Waals surface area contributed by atoms with Crippen molar-refractivity contribution in [3.05, 3.63) is 70.0 Å². The highest BCUT2D eigenvalue weighted by molar-refractivity contribution is 9.10. The zero-order valence-corrected chi connectivity index (χ0v) is 12.4. The van der Waals surface area contributed by atoms with E-state index in [-0.39, 0.29) is 0 Å². The summed E-state index contributed by atoms with van der Waals surface area (Å²) in [6, 6.07) is 18.2. The van der Waals surface area contributed by atoms with Crippen molar-refractivity contribution in [3.63, 3.8) is 0 Å². The lowest BCUT2D eigenvalue weighted by Gasteiger charge is -2.01. The van der Waals surface area contributed by atoms with E-state index < -0.39 is 0 Å². The molecule has 2 aromatic carbocycles. The van der Waals surface area contributed by atoms with Gasteiger partial charge in [0.05, 0.1) is 5.69 Å². The first-order valence-electron chi connectivity index (χ1n) is 5.87. The molecule has 0 saturated carbocycles. The van der Waals surface area contributed by atoms with Crippen molar-refractivity contribution >= 4 is 28.1 Å². The van der Waals surface area contributed by atoms with Gasteiger partial charge in [-0.15, -0.1) is 0 Å². The third-order valence-electron chi connectivity index (χ3n) is 2.91. The summed E-state index contributed by atoms with van der Waals surface area (Å²) < 4.78 is 3.73. The molecule has 0 radical (unpaired) electrons. The van der Waals surface area contributed by atoms with E-state index in [1.807, 2.05) is 53.2 Å². The third-order valence-corrected chi connectivity index (χ3v) is 3.74. The summed E-state index contributed by atoms with van der Waals surface area (Å²) >= 11 is 8.82. The van der Waals surface area contributed by atoms with Gasteiger partial charge in [0.25, 0.3) is 0 Å². The molecule has 0 saturated heterocycles. The van der Waals surface area contributed by atoms with Gasteiger partial charge in [-0.3, -0.25) is 4.57 Å². The van der Waals surface area contributed by atoms with Crippen LogP contribution in [0.4, 0.5) is 0 Å². The molecule has 0 unspecified atom stereocenters. The van der Waals surface area contributed by atoms with Gasteiger partial charge in [0.1, 0.15) is 0 Å². The second kappa shape index (κ2) is 5.15. The fourth-order valence-electron chi connectivity index (χ4n) is 1.95. The molecule has 0 atom stereocenters. The maximum atomic E-state index is 5.38. The SMILES string of the molecule is S=c1[nH]c(-c2ccccc2)cn1-c1ccc(Br)cc1. The van der Waals surface area contributed by atoms with E-state index in [0.29, 0.717) is 4.77 Å². The molecule has 0 fully saturated rings. The Bertz CT molecular complexity index is 742. The van der Waals surface area contributed by atoms with E-state index in [1.54, 1.807) is 0 Å². The molecule has 0 aliphatic rings. The van der Waals surface area contributed by atoms with Crippen LogP contribution in [0.5, 0.6) is 0 Å². The number of hydrogen-bond donors (Lipinski definition) is 1. The van der Waals surface area contributed by atoms with E-state index >= 15 is 0 Å². The van der Waals surface area contributed by atoms with Crippen LogP contribution >= 0.6 is 28.1 Å². The summed E-state index contributed by atoms with van der Waals surface area (Å²) in [5, 5.41) is 0. The van der Waals surface area contributed by atoms with Crippen molar-refractivity contribution in [2.75, 3.05) is 0 Å². The normalized spacial score (nSPS) is 10.6. The second-order valence-electron chi connectivity index (χ2n) is 4.19. The van der Waals surface area contributed by atoms with Crippen LogP contribution in [0.25, 0.3) is 16.9 Å². The first-order chi connectivity index (χ1) is 9.24. The summed E-state index contributed by atoms with van der Waals surface area (Å²) in [6.07, 6.45) is 2.03. The van der Waals surface area contributed by atoms with Crippen molar-refractivity contribution in [1.82, 2.24) is 9.55 Å². The van der Waals surface area contributed by atoms with Crippen LogP contribution in [0.1, 0.15) is 0 Å². The molecule has 0 bridgehead atoms. The van der Waals surface area contributed by atoms with Crippen LogP contribution in [0.15, 0.2) is 65.3 Å². The van der Waals surface area contributed by atoms with Gasteiger partial charge < -0.3 is 4.98 Å². The number of aromatic amines is 1. The Morgan fingerprint density at radius 3 is 2.32 bits per heavy atom. The van der Waals surface area contributed by atoms with E-state index in [9.17, 15) is 0 Å². The smallest absolute Gasteiger partial charge is 0.182 e. The van der Waals surface area contributed by atoms with E-state index in [0.717, 1.165) is 21.4 Å². The minimum absolute atomic E-state index is 0.696. The highest BCUT2D eigenvalue weighted by Crippen LogP contribution is 2.20. The first-order valence-corrected chi connectivity index (χ1v) is 7.07. The second-order valence-corrected chi connectivity index (χ2v) is 5.49. The van der Waals surface area contributed by atoms with Gasteiger partial charge in [0.15, 0.2) is 4.77 Å². The van der Waals surface area contributed by atoms with Crippen molar-refractivity contribution < 1.29 is 0 Å². The third kappa shape index (κ3) is 2.55. The lowest BCUT2D eigenvalue weighted by atomic mass is 10.2. The van der Waals surface area contributed by atoms with Gasteiger partial charge in [-0.2, -0.15) is 0 Å². The number of nitrogens with zero attached hydrogens (tertiary/aromatic N) is 1. The van der Waals surface area contributed by atoms with Gasteiger partial charge in [-0.1, -0.05) is 46.3 Å². The average Bonchev–Trinajstić information content (AvgIpc) is 2.83. The van der Waals surface area contributed by atoms with Crippen LogP contribution in [0, 0.1) is 4.77 Å². The van der Waals surface area contributed by atoms with Crippen LogP contribution in [-0.2, 0) is 0 Å². The van der Waals surface area contributed by atoms with Gasteiger partial charge in [-0.05, 0) is 42.0 Å². The molecule has 0 aliphatic carbocycles. The molecule has 0 aliphatic heterocycles. The number of nitrogens with one attached hydrogen (secondary N) is 1. The molecular formula is C15H11BrN2S. The standard InChI is InChI=1S/C15H11BrN2S/c16-12-6-8-13(9-7-12)18-10-14(17-15(18)19)11-4-2-1-3-5-11/h1-10H,(H,17,19).